The highest BCUT2D eigenvalue weighted by molar-refractivity contribution is 6.01. The SMILES string of the molecule is CC[C@H](C)c1ccccc1NC(=O)COC(=O)c1[nH]c(C)c(C(C)=O)c1C. The molecule has 6 nitrogen and oxygen atoms in total. The number of esters is 1. The molecule has 0 aliphatic carbocycles. The van der Waals surface area contributed by atoms with Gasteiger partial charge >= 0.3 is 5.97 Å². The molecular formula is C21H26N2O4. The van der Waals surface area contributed by atoms with Crippen molar-refractivity contribution in [3.05, 3.63) is 52.3 Å². The molecule has 1 atom stereocenters. The minimum atomic E-state index is -0.659. The fourth-order valence-corrected chi connectivity index (χ4v) is 3.13. The first-order chi connectivity index (χ1) is 12.8. The third kappa shape index (κ3) is 4.64. The molecule has 2 rings (SSSR count). The van der Waals surface area contributed by atoms with Gasteiger partial charge in [0.05, 0.1) is 0 Å². The van der Waals surface area contributed by atoms with Gasteiger partial charge in [-0.2, -0.15) is 0 Å². The molecule has 0 spiro atoms. The number of hydrogen-bond donors (Lipinski definition) is 2. The summed E-state index contributed by atoms with van der Waals surface area (Å²) in [7, 11) is 0. The van der Waals surface area contributed by atoms with Crippen molar-refractivity contribution in [2.75, 3.05) is 11.9 Å². The number of ether oxygens (including phenoxy) is 1. The summed E-state index contributed by atoms with van der Waals surface area (Å²) in [6, 6.07) is 7.59. The summed E-state index contributed by atoms with van der Waals surface area (Å²) >= 11 is 0. The Hall–Kier alpha value is -2.89. The van der Waals surface area contributed by atoms with Crippen molar-refractivity contribution in [3.8, 4) is 0 Å². The van der Waals surface area contributed by atoms with Crippen LogP contribution < -0.4 is 5.32 Å². The number of nitrogens with one attached hydrogen (secondary N) is 2. The first-order valence-corrected chi connectivity index (χ1v) is 9.02. The van der Waals surface area contributed by atoms with E-state index in [9.17, 15) is 14.4 Å². The third-order valence-corrected chi connectivity index (χ3v) is 4.71. The highest BCUT2D eigenvalue weighted by Gasteiger charge is 2.21. The Balaban J connectivity index is 2.04. The number of para-hydroxylation sites is 1. The molecule has 144 valence electrons. The zero-order valence-corrected chi connectivity index (χ0v) is 16.4. The largest absolute Gasteiger partial charge is 0.451 e. The van der Waals surface area contributed by atoms with E-state index in [4.69, 9.17) is 4.74 Å². The lowest BCUT2D eigenvalue weighted by Crippen LogP contribution is -2.22. The van der Waals surface area contributed by atoms with Crippen LogP contribution in [-0.4, -0.2) is 29.3 Å². The molecule has 0 unspecified atom stereocenters. The van der Waals surface area contributed by atoms with Crippen LogP contribution in [0.1, 0.15) is 70.8 Å². The van der Waals surface area contributed by atoms with Crippen molar-refractivity contribution >= 4 is 23.3 Å². The number of carbonyl (C=O) groups excluding carboxylic acids is 3. The molecular weight excluding hydrogens is 344 g/mol. The van der Waals surface area contributed by atoms with Crippen molar-refractivity contribution < 1.29 is 19.1 Å². The first kappa shape index (κ1) is 20.4. The molecule has 0 saturated carbocycles. The van der Waals surface area contributed by atoms with Crippen LogP contribution in [0.2, 0.25) is 0 Å². The molecule has 2 aromatic rings. The Morgan fingerprint density at radius 1 is 1.19 bits per heavy atom. The summed E-state index contributed by atoms with van der Waals surface area (Å²) in [5, 5.41) is 2.80. The van der Waals surface area contributed by atoms with Crippen molar-refractivity contribution in [1.82, 2.24) is 4.98 Å². The Morgan fingerprint density at radius 2 is 1.85 bits per heavy atom. The van der Waals surface area contributed by atoms with E-state index in [0.717, 1.165) is 17.7 Å². The molecule has 1 amide bonds. The van der Waals surface area contributed by atoms with Crippen LogP contribution in [0.5, 0.6) is 0 Å². The lowest BCUT2D eigenvalue weighted by Gasteiger charge is -2.15. The minimum absolute atomic E-state index is 0.125. The first-order valence-electron chi connectivity index (χ1n) is 9.02. The molecule has 0 radical (unpaired) electrons. The van der Waals surface area contributed by atoms with Crippen LogP contribution >= 0.6 is 0 Å². The van der Waals surface area contributed by atoms with E-state index in [1.165, 1.54) is 6.92 Å². The van der Waals surface area contributed by atoms with Crippen LogP contribution in [-0.2, 0) is 9.53 Å². The highest BCUT2D eigenvalue weighted by atomic mass is 16.5. The fourth-order valence-electron chi connectivity index (χ4n) is 3.13. The molecule has 0 saturated heterocycles. The number of H-pyrrole nitrogens is 1. The average Bonchev–Trinajstić information content (AvgIpc) is 2.94. The average molecular weight is 370 g/mol. The minimum Gasteiger partial charge on any atom is -0.451 e. The fraction of sp³-hybridized carbons (Fsp3) is 0.381. The van der Waals surface area contributed by atoms with E-state index in [0.29, 0.717) is 22.7 Å². The van der Waals surface area contributed by atoms with Gasteiger partial charge in [-0.25, -0.2) is 4.79 Å². The normalized spacial score (nSPS) is 11.7. The number of hydrogen-bond acceptors (Lipinski definition) is 4. The molecule has 1 aromatic heterocycles. The van der Waals surface area contributed by atoms with Crippen LogP contribution in [0.4, 0.5) is 5.69 Å². The second kappa shape index (κ2) is 8.66. The molecule has 6 heteroatoms. The summed E-state index contributed by atoms with van der Waals surface area (Å²) in [6.45, 7) is 8.62. The van der Waals surface area contributed by atoms with Gasteiger partial charge in [-0.05, 0) is 50.3 Å². The van der Waals surface area contributed by atoms with Gasteiger partial charge in [0.1, 0.15) is 5.69 Å². The van der Waals surface area contributed by atoms with E-state index in [1.807, 2.05) is 24.3 Å². The highest BCUT2D eigenvalue weighted by Crippen LogP contribution is 2.26. The molecule has 27 heavy (non-hydrogen) atoms. The van der Waals surface area contributed by atoms with Gasteiger partial charge in [0.2, 0.25) is 0 Å². The zero-order chi connectivity index (χ0) is 20.1. The van der Waals surface area contributed by atoms with Gasteiger partial charge in [-0.3, -0.25) is 9.59 Å². The van der Waals surface area contributed by atoms with E-state index in [-0.39, 0.29) is 11.5 Å². The number of rotatable bonds is 7. The number of carbonyl (C=O) groups is 3. The molecule has 0 aliphatic heterocycles. The summed E-state index contributed by atoms with van der Waals surface area (Å²) in [6.07, 6.45) is 0.950. The quantitative estimate of drug-likeness (QED) is 0.566. The number of aromatic nitrogens is 1. The Labute approximate surface area is 159 Å². The summed E-state index contributed by atoms with van der Waals surface area (Å²) in [5.74, 6) is -0.890. The lowest BCUT2D eigenvalue weighted by molar-refractivity contribution is -0.119. The standard InChI is InChI=1S/C21H26N2O4/c1-6-12(2)16-9-7-8-10-17(16)23-18(25)11-27-21(26)20-13(3)19(15(5)24)14(4)22-20/h7-10,12,22H,6,11H2,1-5H3,(H,23,25)/t12-/m0/s1. The van der Waals surface area contributed by atoms with Crippen LogP contribution in [0.3, 0.4) is 0 Å². The van der Waals surface area contributed by atoms with Gasteiger partial charge in [-0.15, -0.1) is 0 Å². The van der Waals surface area contributed by atoms with Crippen molar-refractivity contribution in [3.63, 3.8) is 0 Å². The second-order valence-electron chi connectivity index (χ2n) is 6.70. The Bertz CT molecular complexity index is 867. The Morgan fingerprint density at radius 3 is 2.44 bits per heavy atom. The zero-order valence-electron chi connectivity index (χ0n) is 16.4. The van der Waals surface area contributed by atoms with E-state index in [1.54, 1.807) is 13.8 Å². The molecule has 1 aromatic carbocycles. The van der Waals surface area contributed by atoms with E-state index < -0.39 is 18.5 Å². The number of Topliss-reactive ketones (excluding diaryl/α,β-unsaturated/α-hetero) is 1. The van der Waals surface area contributed by atoms with Crippen LogP contribution in [0, 0.1) is 13.8 Å². The number of aromatic amines is 1. The lowest BCUT2D eigenvalue weighted by atomic mass is 9.97. The monoisotopic (exact) mass is 370 g/mol. The van der Waals surface area contributed by atoms with E-state index >= 15 is 0 Å². The van der Waals surface area contributed by atoms with Crippen molar-refractivity contribution in [2.45, 2.75) is 47.0 Å². The van der Waals surface area contributed by atoms with Gasteiger partial charge in [-0.1, -0.05) is 32.0 Å². The van der Waals surface area contributed by atoms with Gasteiger partial charge in [0.15, 0.2) is 12.4 Å². The number of benzene rings is 1. The van der Waals surface area contributed by atoms with Gasteiger partial charge in [0.25, 0.3) is 5.91 Å². The van der Waals surface area contributed by atoms with E-state index in [2.05, 4.69) is 24.1 Å². The summed E-state index contributed by atoms with van der Waals surface area (Å²) in [4.78, 5) is 39.1. The number of amides is 1. The maximum atomic E-state index is 12.3. The van der Waals surface area contributed by atoms with Crippen molar-refractivity contribution in [1.29, 1.82) is 0 Å². The van der Waals surface area contributed by atoms with Crippen LogP contribution in [0.25, 0.3) is 0 Å². The predicted octanol–water partition coefficient (Wildman–Crippen LogP) is 4.14. The third-order valence-electron chi connectivity index (χ3n) is 4.71. The molecule has 0 bridgehead atoms. The van der Waals surface area contributed by atoms with Crippen molar-refractivity contribution in [2.24, 2.45) is 0 Å². The van der Waals surface area contributed by atoms with Crippen LogP contribution in [0.15, 0.2) is 24.3 Å². The number of anilines is 1. The molecule has 0 fully saturated rings. The molecule has 0 aliphatic rings. The van der Waals surface area contributed by atoms with Gasteiger partial charge in [0, 0.05) is 16.9 Å². The summed E-state index contributed by atoms with van der Waals surface area (Å²) < 4.78 is 5.12. The predicted molar refractivity (Wildman–Crippen MR) is 104 cm³/mol. The molecule has 2 N–H and O–H groups in total. The number of ketones is 1. The Kier molecular flexibility index (Phi) is 6.55. The summed E-state index contributed by atoms with van der Waals surface area (Å²) in [5.41, 5.74) is 3.59. The maximum absolute atomic E-state index is 12.3. The number of aryl methyl sites for hydroxylation is 1. The second-order valence-corrected chi connectivity index (χ2v) is 6.70. The maximum Gasteiger partial charge on any atom is 0.355 e. The van der Waals surface area contributed by atoms with Gasteiger partial charge < -0.3 is 15.0 Å². The molecule has 1 heterocycles. The smallest absolute Gasteiger partial charge is 0.355 e. The topological polar surface area (TPSA) is 88.3 Å².